The van der Waals surface area contributed by atoms with E-state index in [1.807, 2.05) is 42.5 Å². The van der Waals surface area contributed by atoms with E-state index in [1.165, 1.54) is 12.1 Å². The Kier molecular flexibility index (Phi) is 4.27. The van der Waals surface area contributed by atoms with Crippen LogP contribution in [0.25, 0.3) is 27.8 Å². The predicted octanol–water partition coefficient (Wildman–Crippen LogP) is 4.35. The minimum absolute atomic E-state index is 0.0485. The Labute approximate surface area is 158 Å². The van der Waals surface area contributed by atoms with Crippen LogP contribution >= 0.6 is 12.2 Å². The summed E-state index contributed by atoms with van der Waals surface area (Å²) in [5.41, 5.74) is 1.34. The Morgan fingerprint density at radius 2 is 1.93 bits per heavy atom. The number of benzene rings is 3. The Bertz CT molecular complexity index is 1220. The van der Waals surface area contributed by atoms with Crippen molar-refractivity contribution in [1.29, 1.82) is 0 Å². The smallest absolute Gasteiger partial charge is 0.200 e. The maximum absolute atomic E-state index is 11.4. The number of fused-ring (bicyclic) bond motifs is 1. The molecule has 134 valence electrons. The lowest BCUT2D eigenvalue weighted by atomic mass is 10.1. The van der Waals surface area contributed by atoms with Crippen LogP contribution in [0.15, 0.2) is 59.8 Å². The summed E-state index contributed by atoms with van der Waals surface area (Å²) in [6.07, 6.45) is 0. The summed E-state index contributed by atoms with van der Waals surface area (Å²) >= 11 is 5.41. The fraction of sp³-hybridized carbons (Fsp3) is 0.0526. The zero-order valence-corrected chi connectivity index (χ0v) is 14.8. The lowest BCUT2D eigenvalue weighted by Crippen LogP contribution is -1.99. The predicted molar refractivity (Wildman–Crippen MR) is 105 cm³/mol. The molecule has 3 aromatic carbocycles. The summed E-state index contributed by atoms with van der Waals surface area (Å²) in [6.45, 7) is -0.412. The van der Waals surface area contributed by atoms with Crippen molar-refractivity contribution in [3.63, 3.8) is 0 Å². The zero-order chi connectivity index (χ0) is 19.0. The van der Waals surface area contributed by atoms with Gasteiger partial charge in [-0.3, -0.25) is 9.67 Å². The molecule has 0 aliphatic heterocycles. The lowest BCUT2D eigenvalue weighted by Gasteiger charge is -2.12. The molecule has 3 N–H and O–H groups in total. The number of nitroso groups, excluding NO2 is 1. The molecule has 0 saturated carbocycles. The van der Waals surface area contributed by atoms with Gasteiger partial charge < -0.3 is 10.2 Å². The van der Waals surface area contributed by atoms with Crippen LogP contribution in [0.4, 0.5) is 5.69 Å². The van der Waals surface area contributed by atoms with Gasteiger partial charge in [-0.2, -0.15) is 5.10 Å². The van der Waals surface area contributed by atoms with Crippen LogP contribution in [0, 0.1) is 9.68 Å². The minimum Gasteiger partial charge on any atom is -0.508 e. The summed E-state index contributed by atoms with van der Waals surface area (Å²) in [6, 6.07) is 16.3. The van der Waals surface area contributed by atoms with Gasteiger partial charge in [0, 0.05) is 10.9 Å². The van der Waals surface area contributed by atoms with Crippen LogP contribution in [0.5, 0.6) is 5.75 Å². The highest BCUT2D eigenvalue weighted by Crippen LogP contribution is 2.37. The first kappa shape index (κ1) is 17.1. The highest BCUT2D eigenvalue weighted by molar-refractivity contribution is 7.71. The largest absolute Gasteiger partial charge is 0.508 e. The van der Waals surface area contributed by atoms with Crippen LogP contribution in [-0.4, -0.2) is 25.0 Å². The summed E-state index contributed by atoms with van der Waals surface area (Å²) < 4.78 is 2.03. The van der Waals surface area contributed by atoms with Crippen LogP contribution < -0.4 is 0 Å². The summed E-state index contributed by atoms with van der Waals surface area (Å²) in [7, 11) is 0. The molecule has 0 radical (unpaired) electrons. The average molecular weight is 378 g/mol. The molecule has 0 atom stereocenters. The SMILES string of the molecule is O=Nc1cc(CO)c(O)cc1-c1n[nH]c(=S)n1-c1cccc2ccccc12. The van der Waals surface area contributed by atoms with E-state index in [4.69, 9.17) is 12.2 Å². The number of hydrogen-bond donors (Lipinski definition) is 3. The van der Waals surface area contributed by atoms with Crippen molar-refractivity contribution in [2.24, 2.45) is 5.18 Å². The van der Waals surface area contributed by atoms with E-state index in [1.54, 1.807) is 4.57 Å². The average Bonchev–Trinajstić information content (AvgIpc) is 3.08. The second kappa shape index (κ2) is 6.75. The molecule has 1 heterocycles. The van der Waals surface area contributed by atoms with Crippen LogP contribution in [0.2, 0.25) is 0 Å². The quantitative estimate of drug-likeness (QED) is 0.362. The van der Waals surface area contributed by atoms with Crippen molar-refractivity contribution in [2.45, 2.75) is 6.61 Å². The summed E-state index contributed by atoms with van der Waals surface area (Å²) in [5, 5.41) is 31.4. The van der Waals surface area contributed by atoms with E-state index in [0.717, 1.165) is 16.5 Å². The third kappa shape index (κ3) is 2.80. The van der Waals surface area contributed by atoms with Crippen LogP contribution in [-0.2, 0) is 6.61 Å². The molecule has 0 amide bonds. The number of H-pyrrole nitrogens is 1. The minimum atomic E-state index is -0.412. The van der Waals surface area contributed by atoms with Crippen molar-refractivity contribution >= 4 is 28.7 Å². The molecule has 0 saturated heterocycles. The number of aromatic hydroxyl groups is 1. The third-order valence-corrected chi connectivity index (χ3v) is 4.66. The topological polar surface area (TPSA) is 104 Å². The van der Waals surface area contributed by atoms with Crippen LogP contribution in [0.3, 0.4) is 0 Å². The molecule has 4 aromatic rings. The molecule has 27 heavy (non-hydrogen) atoms. The van der Waals surface area contributed by atoms with E-state index < -0.39 is 6.61 Å². The molecule has 0 fully saturated rings. The maximum Gasteiger partial charge on any atom is 0.200 e. The number of aromatic nitrogens is 3. The first-order valence-electron chi connectivity index (χ1n) is 8.10. The number of aliphatic hydroxyl groups is 1. The monoisotopic (exact) mass is 378 g/mol. The van der Waals surface area contributed by atoms with Crippen molar-refractivity contribution in [3.05, 3.63) is 69.8 Å². The number of nitrogens with one attached hydrogen (secondary N) is 1. The molecule has 1 aromatic heterocycles. The fourth-order valence-corrected chi connectivity index (χ4v) is 3.34. The van der Waals surface area contributed by atoms with Gasteiger partial charge >= 0.3 is 0 Å². The number of rotatable bonds is 4. The zero-order valence-electron chi connectivity index (χ0n) is 14.0. The molecule has 7 nitrogen and oxygen atoms in total. The molecule has 0 spiro atoms. The molecule has 0 bridgehead atoms. The van der Waals surface area contributed by atoms with Crippen molar-refractivity contribution in [2.75, 3.05) is 0 Å². The van der Waals surface area contributed by atoms with Gasteiger partial charge in [0.15, 0.2) is 10.6 Å². The second-order valence-corrected chi connectivity index (χ2v) is 6.32. The molecule has 8 heteroatoms. The van der Waals surface area contributed by atoms with Gasteiger partial charge in [0.05, 0.1) is 17.9 Å². The molecular formula is C19H14N4O3S. The van der Waals surface area contributed by atoms with Gasteiger partial charge in [-0.1, -0.05) is 36.4 Å². The maximum atomic E-state index is 11.4. The Hall–Kier alpha value is -3.36. The highest BCUT2D eigenvalue weighted by atomic mass is 32.1. The number of phenols is 1. The number of aliphatic hydroxyl groups excluding tert-OH is 1. The molecule has 4 rings (SSSR count). The molecule has 0 aliphatic rings. The Morgan fingerprint density at radius 1 is 1.15 bits per heavy atom. The first-order chi connectivity index (χ1) is 13.1. The van der Waals surface area contributed by atoms with Gasteiger partial charge in [0.1, 0.15) is 11.4 Å². The first-order valence-corrected chi connectivity index (χ1v) is 8.51. The van der Waals surface area contributed by atoms with E-state index in [0.29, 0.717) is 16.2 Å². The molecular weight excluding hydrogens is 364 g/mol. The van der Waals surface area contributed by atoms with E-state index in [9.17, 15) is 15.1 Å². The summed E-state index contributed by atoms with van der Waals surface area (Å²) in [5.74, 6) is 0.184. The fourth-order valence-electron chi connectivity index (χ4n) is 3.11. The number of nitrogens with zero attached hydrogens (tertiary/aromatic N) is 3. The van der Waals surface area contributed by atoms with Crippen LogP contribution in [0.1, 0.15) is 5.56 Å². The van der Waals surface area contributed by atoms with Crippen molar-refractivity contribution in [3.8, 4) is 22.8 Å². The van der Waals surface area contributed by atoms with Gasteiger partial charge in [0.25, 0.3) is 0 Å². The third-order valence-electron chi connectivity index (χ3n) is 4.39. The van der Waals surface area contributed by atoms with E-state index in [-0.39, 0.29) is 17.0 Å². The van der Waals surface area contributed by atoms with Gasteiger partial charge in [0.2, 0.25) is 0 Å². The normalized spacial score (nSPS) is 11.0. The second-order valence-electron chi connectivity index (χ2n) is 5.93. The summed E-state index contributed by atoms with van der Waals surface area (Å²) in [4.78, 5) is 11.4. The van der Waals surface area contributed by atoms with Gasteiger partial charge in [-0.15, -0.1) is 4.91 Å². The lowest BCUT2D eigenvalue weighted by molar-refractivity contribution is 0.275. The van der Waals surface area contributed by atoms with E-state index in [2.05, 4.69) is 15.4 Å². The number of hydrogen-bond acceptors (Lipinski definition) is 6. The van der Waals surface area contributed by atoms with Gasteiger partial charge in [-0.25, -0.2) is 0 Å². The van der Waals surface area contributed by atoms with Gasteiger partial charge in [-0.05, 0) is 41.0 Å². The van der Waals surface area contributed by atoms with Crippen molar-refractivity contribution < 1.29 is 10.2 Å². The Balaban J connectivity index is 2.03. The van der Waals surface area contributed by atoms with E-state index >= 15 is 0 Å². The molecule has 0 unspecified atom stereocenters. The standard InChI is InChI=1S/C19H14N4O3S/c24-10-12-8-15(22-26)14(9-17(12)25)18-20-21-19(27)23(18)16-7-3-5-11-4-1-2-6-13(11)16/h1-9,24-25H,10H2,(H,21,27). The molecule has 0 aliphatic carbocycles. The van der Waals surface area contributed by atoms with Crippen molar-refractivity contribution in [1.82, 2.24) is 14.8 Å². The highest BCUT2D eigenvalue weighted by Gasteiger charge is 2.19. The Morgan fingerprint density at radius 3 is 2.70 bits per heavy atom. The number of aromatic amines is 1.